The Morgan fingerprint density at radius 3 is 2.69 bits per heavy atom. The van der Waals surface area contributed by atoms with Crippen LogP contribution in [0.5, 0.6) is 11.5 Å². The normalized spacial score (nSPS) is 16.2. The van der Waals surface area contributed by atoms with E-state index in [1.807, 2.05) is 42.5 Å². The van der Waals surface area contributed by atoms with Gasteiger partial charge in [-0.1, -0.05) is 30.3 Å². The molecule has 0 fully saturated rings. The fourth-order valence-electron chi connectivity index (χ4n) is 3.10. The number of amides is 1. The van der Waals surface area contributed by atoms with Crippen LogP contribution in [0.1, 0.15) is 29.2 Å². The molecule has 2 aromatic carbocycles. The minimum atomic E-state index is -0.141. The van der Waals surface area contributed by atoms with Crippen LogP contribution in [0.2, 0.25) is 0 Å². The second-order valence-corrected chi connectivity index (χ2v) is 6.07. The van der Waals surface area contributed by atoms with Crippen LogP contribution in [-0.4, -0.2) is 32.9 Å². The zero-order valence-corrected chi connectivity index (χ0v) is 15.0. The van der Waals surface area contributed by atoms with Gasteiger partial charge in [-0.3, -0.25) is 4.79 Å². The molecule has 6 heteroatoms. The van der Waals surface area contributed by atoms with Crippen molar-refractivity contribution in [2.24, 2.45) is 5.10 Å². The van der Waals surface area contributed by atoms with Crippen LogP contribution in [0.15, 0.2) is 47.6 Å². The fourth-order valence-corrected chi connectivity index (χ4v) is 3.10. The maximum absolute atomic E-state index is 12.3. The van der Waals surface area contributed by atoms with Gasteiger partial charge in [0.15, 0.2) is 11.5 Å². The summed E-state index contributed by atoms with van der Waals surface area (Å²) in [6.45, 7) is 0.813. The van der Waals surface area contributed by atoms with Gasteiger partial charge < -0.3 is 14.8 Å². The molecule has 0 radical (unpaired) electrons. The third-order valence-corrected chi connectivity index (χ3v) is 4.40. The average Bonchev–Trinajstić information content (AvgIpc) is 2.68. The molecule has 0 bridgehead atoms. The number of fused-ring (bicyclic) bond motifs is 1. The first-order chi connectivity index (χ1) is 12.7. The molecular weight excluding hydrogens is 330 g/mol. The number of nitrogens with one attached hydrogen (secondary N) is 2. The van der Waals surface area contributed by atoms with Gasteiger partial charge in [0, 0.05) is 12.5 Å². The largest absolute Gasteiger partial charge is 0.493 e. The van der Waals surface area contributed by atoms with Gasteiger partial charge in [0.2, 0.25) is 5.91 Å². The number of benzene rings is 2. The smallest absolute Gasteiger partial charge is 0.241 e. The number of carbonyl (C=O) groups is 1. The molecule has 0 aliphatic carbocycles. The Morgan fingerprint density at radius 2 is 1.96 bits per heavy atom. The lowest BCUT2D eigenvalue weighted by molar-refractivity contribution is -0.121. The minimum absolute atomic E-state index is 0.0783. The van der Waals surface area contributed by atoms with Crippen molar-refractivity contribution in [3.05, 3.63) is 59.2 Å². The molecule has 1 atom stereocenters. The lowest BCUT2D eigenvalue weighted by Gasteiger charge is -2.27. The van der Waals surface area contributed by atoms with E-state index >= 15 is 0 Å². The van der Waals surface area contributed by atoms with Crippen molar-refractivity contribution in [1.82, 2.24) is 10.7 Å². The molecule has 136 valence electrons. The number of carbonyl (C=O) groups excluding carboxylic acids is 1. The third kappa shape index (κ3) is 4.21. The van der Waals surface area contributed by atoms with Crippen LogP contribution >= 0.6 is 0 Å². The fraction of sp³-hybridized carbons (Fsp3) is 0.300. The molecule has 6 nitrogen and oxygen atoms in total. The highest BCUT2D eigenvalue weighted by atomic mass is 16.5. The Hall–Kier alpha value is -2.86. The number of nitrogens with zero attached hydrogens (tertiary/aromatic N) is 1. The van der Waals surface area contributed by atoms with E-state index in [9.17, 15) is 4.79 Å². The number of hydrogen-bond donors (Lipinski definition) is 2. The average molecular weight is 353 g/mol. The Balaban J connectivity index is 1.67. The zero-order chi connectivity index (χ0) is 18.4. The molecule has 1 aliphatic rings. The Bertz CT molecular complexity index is 790. The molecular formula is C20H23N3O3. The molecule has 1 unspecified atom stereocenters. The lowest BCUT2D eigenvalue weighted by Crippen LogP contribution is -2.33. The summed E-state index contributed by atoms with van der Waals surface area (Å²) >= 11 is 0. The summed E-state index contributed by atoms with van der Waals surface area (Å²) in [5.74, 6) is 1.24. The van der Waals surface area contributed by atoms with Gasteiger partial charge in [-0.15, -0.1) is 0 Å². The van der Waals surface area contributed by atoms with Crippen molar-refractivity contribution in [3.8, 4) is 11.5 Å². The Morgan fingerprint density at radius 1 is 1.23 bits per heavy atom. The molecule has 2 N–H and O–H groups in total. The van der Waals surface area contributed by atoms with Gasteiger partial charge >= 0.3 is 0 Å². The first-order valence-electron chi connectivity index (χ1n) is 8.56. The summed E-state index contributed by atoms with van der Waals surface area (Å²) in [5, 5.41) is 7.42. The highest BCUT2D eigenvalue weighted by Crippen LogP contribution is 2.36. The number of ether oxygens (including phenoxy) is 2. The maximum atomic E-state index is 12.3. The second kappa shape index (κ2) is 8.49. The van der Waals surface area contributed by atoms with Crippen LogP contribution in [-0.2, 0) is 11.2 Å². The topological polar surface area (TPSA) is 72.0 Å². The van der Waals surface area contributed by atoms with Crippen LogP contribution in [0.25, 0.3) is 0 Å². The van der Waals surface area contributed by atoms with Gasteiger partial charge in [0.05, 0.1) is 20.4 Å². The minimum Gasteiger partial charge on any atom is -0.493 e. The van der Waals surface area contributed by atoms with E-state index in [0.717, 1.165) is 24.1 Å². The highest BCUT2D eigenvalue weighted by Gasteiger charge is 2.24. The number of hydrazone groups is 1. The Kier molecular flexibility index (Phi) is 5.86. The highest BCUT2D eigenvalue weighted by molar-refractivity contribution is 5.82. The summed E-state index contributed by atoms with van der Waals surface area (Å²) in [6.07, 6.45) is 2.82. The first kappa shape index (κ1) is 17.9. The third-order valence-electron chi connectivity index (χ3n) is 4.40. The summed E-state index contributed by atoms with van der Waals surface area (Å²) in [4.78, 5) is 12.3. The zero-order valence-electron chi connectivity index (χ0n) is 15.0. The van der Waals surface area contributed by atoms with E-state index in [0.29, 0.717) is 17.9 Å². The second-order valence-electron chi connectivity index (χ2n) is 6.07. The summed E-state index contributed by atoms with van der Waals surface area (Å²) < 4.78 is 10.8. The van der Waals surface area contributed by atoms with E-state index in [4.69, 9.17) is 9.47 Å². The molecule has 0 saturated heterocycles. The molecule has 3 rings (SSSR count). The van der Waals surface area contributed by atoms with E-state index in [1.54, 1.807) is 20.4 Å². The molecule has 2 aromatic rings. The van der Waals surface area contributed by atoms with Gasteiger partial charge in [0.1, 0.15) is 0 Å². The number of rotatable bonds is 6. The van der Waals surface area contributed by atoms with Gasteiger partial charge in [-0.2, -0.15) is 5.10 Å². The van der Waals surface area contributed by atoms with Crippen LogP contribution in [0.4, 0.5) is 0 Å². The summed E-state index contributed by atoms with van der Waals surface area (Å²) in [5.41, 5.74) is 5.77. The van der Waals surface area contributed by atoms with Crippen molar-refractivity contribution in [3.63, 3.8) is 0 Å². The quantitative estimate of drug-likeness (QED) is 0.618. The summed E-state index contributed by atoms with van der Waals surface area (Å²) in [7, 11) is 3.24. The van der Waals surface area contributed by atoms with Gasteiger partial charge in [0.25, 0.3) is 0 Å². The predicted octanol–water partition coefficient (Wildman–Crippen LogP) is 2.43. The SMILES string of the molecule is COc1cc2c(cc1OC)C(CC(=O)N/N=C/c1ccccc1)NCC2. The monoisotopic (exact) mass is 353 g/mol. The van der Waals surface area contributed by atoms with E-state index in [-0.39, 0.29) is 11.9 Å². The molecule has 1 amide bonds. The molecule has 0 spiro atoms. The number of methoxy groups -OCH3 is 2. The Labute approximate surface area is 153 Å². The van der Waals surface area contributed by atoms with Crippen LogP contribution in [0, 0.1) is 0 Å². The standard InChI is InChI=1S/C20H23N3O3/c1-25-18-10-15-8-9-21-17(16(15)11-19(18)26-2)12-20(24)23-22-13-14-6-4-3-5-7-14/h3-7,10-11,13,17,21H,8-9,12H2,1-2H3,(H,23,24)/b22-13+. The van der Waals surface area contributed by atoms with Crippen molar-refractivity contribution in [2.75, 3.05) is 20.8 Å². The molecule has 1 aliphatic heterocycles. The van der Waals surface area contributed by atoms with E-state index in [1.165, 1.54) is 5.56 Å². The van der Waals surface area contributed by atoms with E-state index < -0.39 is 0 Å². The van der Waals surface area contributed by atoms with Crippen molar-refractivity contribution in [2.45, 2.75) is 18.9 Å². The molecule has 26 heavy (non-hydrogen) atoms. The van der Waals surface area contributed by atoms with Crippen molar-refractivity contribution >= 4 is 12.1 Å². The maximum Gasteiger partial charge on any atom is 0.241 e. The number of hydrogen-bond acceptors (Lipinski definition) is 5. The van der Waals surface area contributed by atoms with Crippen molar-refractivity contribution < 1.29 is 14.3 Å². The summed E-state index contributed by atoms with van der Waals surface area (Å²) in [6, 6.07) is 13.5. The van der Waals surface area contributed by atoms with Crippen LogP contribution in [0.3, 0.4) is 0 Å². The predicted molar refractivity (Wildman–Crippen MR) is 101 cm³/mol. The van der Waals surface area contributed by atoms with Gasteiger partial charge in [-0.25, -0.2) is 5.43 Å². The molecule has 0 aromatic heterocycles. The van der Waals surface area contributed by atoms with Crippen LogP contribution < -0.4 is 20.2 Å². The lowest BCUT2D eigenvalue weighted by atomic mass is 9.91. The molecule has 0 saturated carbocycles. The van der Waals surface area contributed by atoms with E-state index in [2.05, 4.69) is 15.8 Å². The molecule has 1 heterocycles. The van der Waals surface area contributed by atoms with Gasteiger partial charge in [-0.05, 0) is 41.8 Å². The first-order valence-corrected chi connectivity index (χ1v) is 8.56. The van der Waals surface area contributed by atoms with Crippen molar-refractivity contribution in [1.29, 1.82) is 0 Å².